The number of carbonyl (C=O) groups excluding carboxylic acids is 2. The molecule has 0 unspecified atom stereocenters. The van der Waals surface area contributed by atoms with E-state index in [4.69, 9.17) is 19.9 Å². The number of aromatic hydroxyl groups is 2. The highest BCUT2D eigenvalue weighted by atomic mass is 16.7. The smallest absolute Gasteiger partial charge is 0.504 e. The van der Waals surface area contributed by atoms with Gasteiger partial charge in [0.2, 0.25) is 0 Å². The quantitative estimate of drug-likeness (QED) is 0.498. The van der Waals surface area contributed by atoms with Crippen LogP contribution in [-0.4, -0.2) is 46.7 Å². The maximum absolute atomic E-state index is 12.1. The Hall–Kier alpha value is -2.48. The summed E-state index contributed by atoms with van der Waals surface area (Å²) >= 11 is 0. The molecule has 1 aliphatic rings. The van der Waals surface area contributed by atoms with Crippen molar-refractivity contribution < 1.29 is 34.0 Å². The van der Waals surface area contributed by atoms with Gasteiger partial charge in [-0.2, -0.15) is 0 Å². The molecule has 0 saturated heterocycles. The molecule has 0 aromatic heterocycles. The summed E-state index contributed by atoms with van der Waals surface area (Å²) in [4.78, 5) is 23.5. The molecule has 3 atom stereocenters. The van der Waals surface area contributed by atoms with Gasteiger partial charge in [-0.1, -0.05) is 6.07 Å². The zero-order chi connectivity index (χ0) is 18.6. The number of phenolic OH excluding ortho intramolecular Hbond substituents is 2. The molecule has 1 aromatic rings. The van der Waals surface area contributed by atoms with Crippen molar-refractivity contribution in [3.8, 4) is 11.5 Å². The van der Waals surface area contributed by atoms with E-state index in [0.717, 1.165) is 12.8 Å². The van der Waals surface area contributed by atoms with Crippen LogP contribution in [0.2, 0.25) is 0 Å². The van der Waals surface area contributed by atoms with Crippen LogP contribution in [-0.2, 0) is 25.4 Å². The molecule has 0 aliphatic heterocycles. The fraction of sp³-hybridized carbons (Fsp3) is 0.529. The van der Waals surface area contributed by atoms with E-state index in [1.807, 2.05) is 0 Å². The number of benzene rings is 1. The fourth-order valence-corrected chi connectivity index (χ4v) is 2.00. The van der Waals surface area contributed by atoms with Crippen molar-refractivity contribution >= 4 is 12.1 Å². The number of carbonyl (C=O) groups is 2. The second-order valence-corrected chi connectivity index (χ2v) is 6.17. The monoisotopic (exact) mass is 353 g/mol. The first-order valence-electron chi connectivity index (χ1n) is 8.10. The Morgan fingerprint density at radius 1 is 1.16 bits per heavy atom. The molecular weight excluding hydrogens is 330 g/mol. The van der Waals surface area contributed by atoms with Gasteiger partial charge >= 0.3 is 12.1 Å². The molecule has 0 amide bonds. The third kappa shape index (κ3) is 5.82. The SMILES string of the molecule is C[C@H](OC(=O)OC1CC1)[C@@H](C)OC(=O)[C@@H](N)Cc1ccc(O)c(O)c1. The number of hydrogen-bond donors (Lipinski definition) is 3. The first-order chi connectivity index (χ1) is 11.8. The lowest BCUT2D eigenvalue weighted by Gasteiger charge is -2.22. The predicted octanol–water partition coefficient (Wildman–Crippen LogP) is 1.60. The fourth-order valence-electron chi connectivity index (χ4n) is 2.00. The highest BCUT2D eigenvalue weighted by molar-refractivity contribution is 5.76. The Bertz CT molecular complexity index is 629. The largest absolute Gasteiger partial charge is 0.508 e. The maximum Gasteiger partial charge on any atom is 0.508 e. The van der Waals surface area contributed by atoms with Crippen molar-refractivity contribution in [2.75, 3.05) is 0 Å². The van der Waals surface area contributed by atoms with E-state index < -0.39 is 30.4 Å². The lowest BCUT2D eigenvalue weighted by molar-refractivity contribution is -0.155. The van der Waals surface area contributed by atoms with Gasteiger partial charge in [-0.15, -0.1) is 0 Å². The summed E-state index contributed by atoms with van der Waals surface area (Å²) in [6, 6.07) is 3.22. The first-order valence-corrected chi connectivity index (χ1v) is 8.10. The van der Waals surface area contributed by atoms with Crippen LogP contribution in [0.4, 0.5) is 4.79 Å². The predicted molar refractivity (Wildman–Crippen MR) is 87.1 cm³/mol. The number of nitrogens with two attached hydrogens (primary N) is 1. The van der Waals surface area contributed by atoms with Crippen LogP contribution in [0.3, 0.4) is 0 Å². The highest BCUT2D eigenvalue weighted by Crippen LogP contribution is 2.26. The maximum atomic E-state index is 12.1. The summed E-state index contributed by atoms with van der Waals surface area (Å²) in [6.45, 7) is 3.18. The van der Waals surface area contributed by atoms with E-state index in [0.29, 0.717) is 5.56 Å². The lowest BCUT2D eigenvalue weighted by Crippen LogP contribution is -2.39. The minimum Gasteiger partial charge on any atom is -0.504 e. The molecule has 8 nitrogen and oxygen atoms in total. The number of esters is 1. The molecule has 0 spiro atoms. The zero-order valence-corrected chi connectivity index (χ0v) is 14.2. The molecule has 8 heteroatoms. The Balaban J connectivity index is 1.79. The van der Waals surface area contributed by atoms with Gasteiger partial charge < -0.3 is 30.2 Å². The highest BCUT2D eigenvalue weighted by Gasteiger charge is 2.29. The van der Waals surface area contributed by atoms with E-state index >= 15 is 0 Å². The molecule has 25 heavy (non-hydrogen) atoms. The Labute approximate surface area is 145 Å². The molecule has 1 aliphatic carbocycles. The van der Waals surface area contributed by atoms with Crippen molar-refractivity contribution in [1.29, 1.82) is 0 Å². The van der Waals surface area contributed by atoms with Crippen LogP contribution in [0.5, 0.6) is 11.5 Å². The van der Waals surface area contributed by atoms with E-state index in [9.17, 15) is 19.8 Å². The summed E-state index contributed by atoms with van der Waals surface area (Å²) in [5.74, 6) is -1.20. The minimum atomic E-state index is -0.961. The number of ether oxygens (including phenoxy) is 3. The zero-order valence-electron chi connectivity index (χ0n) is 14.2. The van der Waals surface area contributed by atoms with Gasteiger partial charge in [0.1, 0.15) is 24.4 Å². The molecule has 138 valence electrons. The second kappa shape index (κ2) is 8.06. The summed E-state index contributed by atoms with van der Waals surface area (Å²) < 4.78 is 15.2. The standard InChI is InChI=1S/C17H23NO7/c1-9(10(2)24-17(22)25-12-4-5-12)23-16(21)13(18)7-11-3-6-14(19)15(20)8-11/h3,6,8-10,12-13,19-20H,4-5,7,18H2,1-2H3/t9-,10+,13+/m1/s1. The summed E-state index contributed by atoms with van der Waals surface area (Å²) in [7, 11) is 0. The average molecular weight is 353 g/mol. The lowest BCUT2D eigenvalue weighted by atomic mass is 10.1. The van der Waals surface area contributed by atoms with Crippen molar-refractivity contribution in [2.24, 2.45) is 5.73 Å². The topological polar surface area (TPSA) is 128 Å². The van der Waals surface area contributed by atoms with E-state index in [2.05, 4.69) is 0 Å². The Kier molecular flexibility index (Phi) is 6.08. The Morgan fingerprint density at radius 3 is 2.40 bits per heavy atom. The summed E-state index contributed by atoms with van der Waals surface area (Å²) in [5.41, 5.74) is 6.38. The second-order valence-electron chi connectivity index (χ2n) is 6.17. The Morgan fingerprint density at radius 2 is 1.80 bits per heavy atom. The van der Waals surface area contributed by atoms with E-state index in [1.165, 1.54) is 12.1 Å². The first kappa shape index (κ1) is 18.9. The van der Waals surface area contributed by atoms with Gasteiger partial charge in [0.15, 0.2) is 11.5 Å². The van der Waals surface area contributed by atoms with Crippen molar-refractivity contribution in [3.63, 3.8) is 0 Å². The average Bonchev–Trinajstić information content (AvgIpc) is 3.34. The van der Waals surface area contributed by atoms with Crippen LogP contribution in [0, 0.1) is 0 Å². The van der Waals surface area contributed by atoms with Gasteiger partial charge in [-0.3, -0.25) is 4.79 Å². The van der Waals surface area contributed by atoms with Crippen LogP contribution in [0.1, 0.15) is 32.3 Å². The van der Waals surface area contributed by atoms with Gasteiger partial charge in [0.05, 0.1) is 0 Å². The van der Waals surface area contributed by atoms with Crippen LogP contribution in [0.15, 0.2) is 18.2 Å². The van der Waals surface area contributed by atoms with Crippen molar-refractivity contribution in [2.45, 2.75) is 57.5 Å². The summed E-state index contributed by atoms with van der Waals surface area (Å²) in [6.07, 6.45) is -0.405. The molecule has 1 fully saturated rings. The third-order valence-corrected chi connectivity index (χ3v) is 3.83. The molecule has 1 aromatic carbocycles. The van der Waals surface area contributed by atoms with Gasteiger partial charge in [0.25, 0.3) is 0 Å². The molecule has 2 rings (SSSR count). The minimum absolute atomic E-state index is 0.0623. The van der Waals surface area contributed by atoms with Crippen LogP contribution in [0.25, 0.3) is 0 Å². The molecule has 0 radical (unpaired) electrons. The molecule has 4 N–H and O–H groups in total. The van der Waals surface area contributed by atoms with Crippen molar-refractivity contribution in [3.05, 3.63) is 23.8 Å². The molecular formula is C17H23NO7. The number of hydrogen-bond acceptors (Lipinski definition) is 8. The molecule has 0 bridgehead atoms. The molecule has 1 saturated carbocycles. The van der Waals surface area contributed by atoms with Gasteiger partial charge in [0, 0.05) is 0 Å². The van der Waals surface area contributed by atoms with E-state index in [1.54, 1.807) is 19.9 Å². The van der Waals surface area contributed by atoms with Crippen molar-refractivity contribution in [1.82, 2.24) is 0 Å². The normalized spacial score (nSPS) is 17.2. The van der Waals surface area contributed by atoms with Crippen LogP contribution >= 0.6 is 0 Å². The van der Waals surface area contributed by atoms with Crippen LogP contribution < -0.4 is 5.73 Å². The third-order valence-electron chi connectivity index (χ3n) is 3.83. The van der Waals surface area contributed by atoms with Gasteiger partial charge in [-0.25, -0.2) is 4.79 Å². The van der Waals surface area contributed by atoms with E-state index in [-0.39, 0.29) is 24.0 Å². The molecule has 0 heterocycles. The van der Waals surface area contributed by atoms with Gasteiger partial charge in [-0.05, 0) is 50.8 Å². The number of rotatable bonds is 7. The number of phenols is 2. The summed E-state index contributed by atoms with van der Waals surface area (Å²) in [5, 5.41) is 18.7.